The fraction of sp³-hybridized carbons (Fsp3) is 0.529. The number of ether oxygens (including phenoxy) is 2. The molecule has 1 heterocycles. The Morgan fingerprint density at radius 3 is 2.80 bits per heavy atom. The molecule has 0 radical (unpaired) electrons. The summed E-state index contributed by atoms with van der Waals surface area (Å²) in [6, 6.07) is 6.02. The molecule has 0 fully saturated rings. The highest BCUT2D eigenvalue weighted by atomic mass is 32.1. The highest BCUT2D eigenvalue weighted by Crippen LogP contribution is 2.28. The number of nitrogens with one attached hydrogen (secondary N) is 1. The van der Waals surface area contributed by atoms with Crippen LogP contribution in [0.5, 0.6) is 11.5 Å². The van der Waals surface area contributed by atoms with E-state index in [-0.39, 0.29) is 0 Å². The Balaban J connectivity index is 2.01. The van der Waals surface area contributed by atoms with Gasteiger partial charge in [0.15, 0.2) is 15.5 Å². The van der Waals surface area contributed by atoms with Crippen LogP contribution in [0.15, 0.2) is 18.2 Å². The van der Waals surface area contributed by atoms with Gasteiger partial charge in [0.25, 0.3) is 0 Å². The first-order valence-electron chi connectivity index (χ1n) is 8.37. The van der Waals surface area contributed by atoms with Crippen LogP contribution in [0, 0.1) is 3.95 Å². The van der Waals surface area contributed by atoms with Crippen molar-refractivity contribution in [3.63, 3.8) is 0 Å². The van der Waals surface area contributed by atoms with Gasteiger partial charge < -0.3 is 14.8 Å². The van der Waals surface area contributed by atoms with Gasteiger partial charge in [-0.25, -0.2) is 4.68 Å². The van der Waals surface area contributed by atoms with Crippen LogP contribution in [0.3, 0.4) is 0 Å². The van der Waals surface area contributed by atoms with E-state index in [1.165, 1.54) is 11.3 Å². The molecule has 0 spiro atoms. The lowest BCUT2D eigenvalue weighted by Crippen LogP contribution is -2.22. The largest absolute Gasteiger partial charge is 0.493 e. The first-order valence-corrected chi connectivity index (χ1v) is 9.59. The minimum atomic E-state index is 0.617. The van der Waals surface area contributed by atoms with Crippen molar-refractivity contribution in [2.24, 2.45) is 0 Å². The van der Waals surface area contributed by atoms with E-state index in [1.54, 1.807) is 7.11 Å². The predicted molar refractivity (Wildman–Crippen MR) is 105 cm³/mol. The Kier molecular flexibility index (Phi) is 7.67. The van der Waals surface area contributed by atoms with Crippen molar-refractivity contribution >= 4 is 28.7 Å². The maximum Gasteiger partial charge on any atom is 0.204 e. The lowest BCUT2D eigenvalue weighted by Gasteiger charge is -2.18. The van der Waals surface area contributed by atoms with E-state index in [1.807, 2.05) is 30.8 Å². The van der Waals surface area contributed by atoms with Crippen molar-refractivity contribution < 1.29 is 9.47 Å². The van der Waals surface area contributed by atoms with Crippen molar-refractivity contribution in [3.05, 3.63) is 27.7 Å². The lowest BCUT2D eigenvalue weighted by molar-refractivity contribution is 0.245. The fourth-order valence-corrected chi connectivity index (χ4v) is 3.39. The van der Waals surface area contributed by atoms with Crippen LogP contribution in [-0.2, 0) is 13.2 Å². The Hall–Kier alpha value is -1.64. The van der Waals surface area contributed by atoms with Crippen LogP contribution >= 0.6 is 23.6 Å². The van der Waals surface area contributed by atoms with Crippen molar-refractivity contribution in [3.8, 4) is 11.5 Å². The number of benzene rings is 1. The number of anilines is 1. The molecule has 0 amide bonds. The van der Waals surface area contributed by atoms with Gasteiger partial charge in [0.2, 0.25) is 5.13 Å². The second-order valence-electron chi connectivity index (χ2n) is 5.67. The number of rotatable bonds is 10. The molecule has 0 bridgehead atoms. The standard InChI is InChI=1S/C17H26N4O2S2/c1-5-9-18-16-19-21(17(24)25-16)12-20(3)11-13-7-8-14(23-6-2)15(10-13)22-4/h7-8,10H,5-6,9,11-12H2,1-4H3,(H,18,19). The van der Waals surface area contributed by atoms with E-state index >= 15 is 0 Å². The zero-order chi connectivity index (χ0) is 18.2. The Bertz CT molecular complexity index is 730. The summed E-state index contributed by atoms with van der Waals surface area (Å²) in [5, 5.41) is 8.70. The van der Waals surface area contributed by atoms with E-state index in [4.69, 9.17) is 21.7 Å². The molecule has 8 heteroatoms. The normalized spacial score (nSPS) is 10.9. The maximum absolute atomic E-state index is 5.56. The van der Waals surface area contributed by atoms with Crippen LogP contribution in [0.2, 0.25) is 0 Å². The summed E-state index contributed by atoms with van der Waals surface area (Å²) in [7, 11) is 3.70. The molecule has 0 saturated heterocycles. The smallest absolute Gasteiger partial charge is 0.204 e. The van der Waals surface area contributed by atoms with Gasteiger partial charge in [-0.05, 0) is 50.3 Å². The lowest BCUT2D eigenvalue weighted by atomic mass is 10.2. The van der Waals surface area contributed by atoms with E-state index < -0.39 is 0 Å². The fourth-order valence-electron chi connectivity index (χ4n) is 2.37. The molecule has 138 valence electrons. The van der Waals surface area contributed by atoms with Crippen LogP contribution in [0.4, 0.5) is 5.13 Å². The monoisotopic (exact) mass is 382 g/mol. The van der Waals surface area contributed by atoms with Gasteiger partial charge in [0.1, 0.15) is 0 Å². The van der Waals surface area contributed by atoms with E-state index in [2.05, 4.69) is 28.3 Å². The van der Waals surface area contributed by atoms with Gasteiger partial charge in [0, 0.05) is 13.1 Å². The Morgan fingerprint density at radius 2 is 2.12 bits per heavy atom. The molecule has 1 aromatic heterocycles. The SMILES string of the molecule is CCCNc1nn(CN(C)Cc2ccc(OCC)c(OC)c2)c(=S)s1. The third-order valence-electron chi connectivity index (χ3n) is 3.49. The molecule has 1 N–H and O–H groups in total. The maximum atomic E-state index is 5.56. The molecule has 0 aliphatic heterocycles. The van der Waals surface area contributed by atoms with Crippen molar-refractivity contribution in [1.29, 1.82) is 0 Å². The number of methoxy groups -OCH3 is 1. The average molecular weight is 383 g/mol. The average Bonchev–Trinajstić information content (AvgIpc) is 2.94. The van der Waals surface area contributed by atoms with Gasteiger partial charge in [-0.2, -0.15) is 0 Å². The molecule has 0 aliphatic carbocycles. The second kappa shape index (κ2) is 9.74. The number of nitrogens with zero attached hydrogens (tertiary/aromatic N) is 3. The van der Waals surface area contributed by atoms with Gasteiger partial charge >= 0.3 is 0 Å². The van der Waals surface area contributed by atoms with Crippen LogP contribution in [0.1, 0.15) is 25.8 Å². The number of hydrogen-bond acceptors (Lipinski definition) is 7. The van der Waals surface area contributed by atoms with E-state index in [0.29, 0.717) is 13.3 Å². The third-order valence-corrected chi connectivity index (χ3v) is 4.75. The molecule has 6 nitrogen and oxygen atoms in total. The van der Waals surface area contributed by atoms with Gasteiger partial charge in [0.05, 0.1) is 20.4 Å². The van der Waals surface area contributed by atoms with E-state index in [0.717, 1.165) is 45.7 Å². The minimum absolute atomic E-state index is 0.617. The molecule has 1 aromatic carbocycles. The summed E-state index contributed by atoms with van der Waals surface area (Å²) >= 11 is 6.92. The Labute approximate surface area is 158 Å². The van der Waals surface area contributed by atoms with Gasteiger partial charge in [-0.15, -0.1) is 5.10 Å². The molecular weight excluding hydrogens is 356 g/mol. The topological polar surface area (TPSA) is 51.6 Å². The third kappa shape index (κ3) is 5.69. The van der Waals surface area contributed by atoms with Crippen LogP contribution in [0.25, 0.3) is 0 Å². The Morgan fingerprint density at radius 1 is 1.32 bits per heavy atom. The highest BCUT2D eigenvalue weighted by Gasteiger charge is 2.09. The summed E-state index contributed by atoms with van der Waals surface area (Å²) in [6.07, 6.45) is 1.06. The number of aromatic nitrogens is 2. The molecule has 0 aliphatic rings. The van der Waals surface area contributed by atoms with Crippen molar-refractivity contribution in [1.82, 2.24) is 14.7 Å². The first kappa shape index (κ1) is 19.7. The minimum Gasteiger partial charge on any atom is -0.493 e. The summed E-state index contributed by atoms with van der Waals surface area (Å²) in [5.41, 5.74) is 1.15. The molecule has 0 saturated carbocycles. The zero-order valence-corrected chi connectivity index (χ0v) is 16.9. The summed E-state index contributed by atoms with van der Waals surface area (Å²) in [6.45, 7) is 7.01. The van der Waals surface area contributed by atoms with Gasteiger partial charge in [-0.1, -0.05) is 24.3 Å². The second-order valence-corrected chi connectivity index (χ2v) is 7.30. The molecule has 0 atom stereocenters. The first-order chi connectivity index (χ1) is 12.1. The molecule has 2 rings (SSSR count). The molecule has 0 unspecified atom stereocenters. The molecule has 2 aromatic rings. The van der Waals surface area contributed by atoms with Crippen LogP contribution < -0.4 is 14.8 Å². The van der Waals surface area contributed by atoms with Crippen molar-refractivity contribution in [2.75, 3.05) is 32.6 Å². The van der Waals surface area contributed by atoms with Crippen LogP contribution in [-0.4, -0.2) is 42.0 Å². The van der Waals surface area contributed by atoms with E-state index in [9.17, 15) is 0 Å². The van der Waals surface area contributed by atoms with Gasteiger partial charge in [-0.3, -0.25) is 4.90 Å². The zero-order valence-electron chi connectivity index (χ0n) is 15.2. The predicted octanol–water partition coefficient (Wildman–Crippen LogP) is 3.99. The van der Waals surface area contributed by atoms with Crippen molar-refractivity contribution in [2.45, 2.75) is 33.5 Å². The highest BCUT2D eigenvalue weighted by molar-refractivity contribution is 7.73. The summed E-state index contributed by atoms with van der Waals surface area (Å²) in [5.74, 6) is 1.52. The summed E-state index contributed by atoms with van der Waals surface area (Å²) < 4.78 is 13.6. The molecular formula is C17H26N4O2S2. The quantitative estimate of drug-likeness (QED) is 0.627. The number of hydrogen-bond donors (Lipinski definition) is 1. The molecule has 25 heavy (non-hydrogen) atoms. The summed E-state index contributed by atoms with van der Waals surface area (Å²) in [4.78, 5) is 2.16.